The van der Waals surface area contributed by atoms with Crippen molar-refractivity contribution in [2.24, 2.45) is 0 Å². The number of benzene rings is 1. The number of nitrogens with two attached hydrogens (primary N) is 1. The third-order valence-corrected chi connectivity index (χ3v) is 5.68. The Kier molecular flexibility index (Phi) is 16.5. The van der Waals surface area contributed by atoms with Gasteiger partial charge in [-0.25, -0.2) is 0 Å². The molecule has 0 aliphatic heterocycles. The van der Waals surface area contributed by atoms with Crippen molar-refractivity contribution in [2.75, 3.05) is 12.3 Å². The molecule has 8 heteroatoms. The summed E-state index contributed by atoms with van der Waals surface area (Å²) in [6, 6.07) is 4.89. The number of unbranched alkanes of at least 4 members (excludes halogenated alkanes) is 11. The van der Waals surface area contributed by atoms with E-state index >= 15 is 0 Å². The van der Waals surface area contributed by atoms with Crippen LogP contribution < -0.4 is 11.1 Å². The average Bonchev–Trinajstić information content (AvgIpc) is 3.31. The fourth-order valence-corrected chi connectivity index (χ4v) is 3.69. The van der Waals surface area contributed by atoms with Gasteiger partial charge in [0.25, 0.3) is 0 Å². The van der Waals surface area contributed by atoms with Crippen LogP contribution in [-0.2, 0) is 4.79 Å². The number of H-pyrrole nitrogens is 1. The summed E-state index contributed by atoms with van der Waals surface area (Å²) in [6.07, 6.45) is 18.3. The minimum atomic E-state index is -0.827. The van der Waals surface area contributed by atoms with Gasteiger partial charge in [0.05, 0.1) is 24.4 Å². The molecule has 1 heterocycles. The Labute approximate surface area is 204 Å². The molecule has 2 atom stereocenters. The maximum absolute atomic E-state index is 10.9. The predicted octanol–water partition coefficient (Wildman–Crippen LogP) is 4.64. The molecule has 0 bridgehead atoms. The molecule has 2 rings (SSSR count). The first-order valence-corrected chi connectivity index (χ1v) is 12.8. The van der Waals surface area contributed by atoms with Gasteiger partial charge >= 0.3 is 0 Å². The number of aliphatic hydroxyl groups excluding tert-OH is 2. The van der Waals surface area contributed by atoms with Crippen molar-refractivity contribution in [1.82, 2.24) is 20.7 Å². The molecular formula is C26H45N5O3. The van der Waals surface area contributed by atoms with E-state index in [1.165, 1.54) is 71.1 Å². The van der Waals surface area contributed by atoms with Gasteiger partial charge in [-0.15, -0.1) is 0 Å². The van der Waals surface area contributed by atoms with Crippen molar-refractivity contribution in [3.63, 3.8) is 0 Å². The highest BCUT2D eigenvalue weighted by atomic mass is 16.3. The molecule has 0 aliphatic rings. The normalized spacial score (nSPS) is 12.9. The Bertz CT molecular complexity index is 809. The highest BCUT2D eigenvalue weighted by molar-refractivity contribution is 5.85. The van der Waals surface area contributed by atoms with Crippen LogP contribution in [0.3, 0.4) is 0 Å². The van der Waals surface area contributed by atoms with E-state index in [1.807, 2.05) is 18.2 Å². The lowest BCUT2D eigenvalue weighted by molar-refractivity contribution is -0.120. The van der Waals surface area contributed by atoms with Crippen LogP contribution in [0.25, 0.3) is 11.0 Å². The molecular weight excluding hydrogens is 430 g/mol. The summed E-state index contributed by atoms with van der Waals surface area (Å²) in [5.41, 5.74) is 7.78. The van der Waals surface area contributed by atoms with E-state index in [-0.39, 0.29) is 12.5 Å². The van der Waals surface area contributed by atoms with Gasteiger partial charge < -0.3 is 21.3 Å². The van der Waals surface area contributed by atoms with E-state index in [9.17, 15) is 9.90 Å². The predicted molar refractivity (Wildman–Crippen MR) is 139 cm³/mol. The molecule has 0 spiro atoms. The Hall–Kier alpha value is -2.45. The number of hydrogen-bond acceptors (Lipinski definition) is 6. The van der Waals surface area contributed by atoms with Gasteiger partial charge in [-0.05, 0) is 25.0 Å². The van der Waals surface area contributed by atoms with Gasteiger partial charge in [0.1, 0.15) is 11.0 Å². The maximum Gasteiger partial charge on any atom is 0.217 e. The van der Waals surface area contributed by atoms with Gasteiger partial charge in [-0.1, -0.05) is 89.4 Å². The number of carbonyl (C=O) groups is 1. The van der Waals surface area contributed by atoms with Crippen LogP contribution in [0.15, 0.2) is 30.4 Å². The minimum Gasteiger partial charge on any atom is -0.397 e. The molecule has 2 unspecified atom stereocenters. The zero-order valence-electron chi connectivity index (χ0n) is 21.0. The molecule has 1 aromatic heterocycles. The largest absolute Gasteiger partial charge is 0.397 e. The van der Waals surface area contributed by atoms with Crippen LogP contribution in [0.4, 0.5) is 5.69 Å². The van der Waals surface area contributed by atoms with Gasteiger partial charge in [0, 0.05) is 6.92 Å². The monoisotopic (exact) mass is 475 g/mol. The van der Waals surface area contributed by atoms with Crippen LogP contribution >= 0.6 is 0 Å². The molecule has 8 nitrogen and oxygen atoms in total. The number of allylic oxidation sites excluding steroid dienone is 1. The SMILES string of the molecule is CCCCCCCCCCCCC/C=C/C(O)C(CO)NC(C)=O.Nc1cccc2n[nH]nc12. The third-order valence-electron chi connectivity index (χ3n) is 5.68. The number of hydrogen-bond donors (Lipinski definition) is 5. The number of fused-ring (bicyclic) bond motifs is 1. The number of aromatic amines is 1. The third kappa shape index (κ3) is 13.3. The number of rotatable bonds is 16. The fraction of sp³-hybridized carbons (Fsp3) is 0.654. The molecule has 6 N–H and O–H groups in total. The summed E-state index contributed by atoms with van der Waals surface area (Å²) in [7, 11) is 0. The Morgan fingerprint density at radius 1 is 1.06 bits per heavy atom. The Morgan fingerprint density at radius 3 is 2.24 bits per heavy atom. The lowest BCUT2D eigenvalue weighted by atomic mass is 10.0. The number of nitrogen functional groups attached to an aromatic ring is 1. The topological polar surface area (TPSA) is 137 Å². The smallest absolute Gasteiger partial charge is 0.217 e. The summed E-state index contributed by atoms with van der Waals surface area (Å²) >= 11 is 0. The van der Waals surface area contributed by atoms with E-state index in [4.69, 9.17) is 10.8 Å². The van der Waals surface area contributed by atoms with Gasteiger partial charge in [-0.2, -0.15) is 15.4 Å². The summed E-state index contributed by atoms with van der Waals surface area (Å²) in [4.78, 5) is 10.9. The summed E-state index contributed by atoms with van der Waals surface area (Å²) in [6.45, 7) is 3.37. The number of carbonyl (C=O) groups excluding carboxylic acids is 1. The van der Waals surface area contributed by atoms with Crippen LogP contribution in [0.2, 0.25) is 0 Å². The van der Waals surface area contributed by atoms with Crippen molar-refractivity contribution >= 4 is 22.6 Å². The van der Waals surface area contributed by atoms with Crippen molar-refractivity contribution < 1.29 is 15.0 Å². The molecule has 0 aliphatic carbocycles. The minimum absolute atomic E-state index is 0.244. The molecule has 0 fully saturated rings. The van der Waals surface area contributed by atoms with E-state index < -0.39 is 12.1 Å². The number of nitrogens with zero attached hydrogens (tertiary/aromatic N) is 2. The summed E-state index contributed by atoms with van der Waals surface area (Å²) < 4.78 is 0. The Morgan fingerprint density at radius 2 is 1.68 bits per heavy atom. The first kappa shape index (κ1) is 29.6. The Balaban J connectivity index is 0.000000469. The average molecular weight is 476 g/mol. The second-order valence-electron chi connectivity index (χ2n) is 8.77. The lowest BCUT2D eigenvalue weighted by Crippen LogP contribution is -2.44. The molecule has 34 heavy (non-hydrogen) atoms. The highest BCUT2D eigenvalue weighted by Crippen LogP contribution is 2.14. The molecule has 192 valence electrons. The molecule has 1 amide bonds. The second-order valence-corrected chi connectivity index (χ2v) is 8.77. The number of aliphatic hydroxyl groups is 2. The van der Waals surface area contributed by atoms with Crippen molar-refractivity contribution in [3.05, 3.63) is 30.4 Å². The van der Waals surface area contributed by atoms with Crippen molar-refractivity contribution in [1.29, 1.82) is 0 Å². The van der Waals surface area contributed by atoms with E-state index in [1.54, 1.807) is 12.1 Å². The van der Waals surface area contributed by atoms with Crippen LogP contribution in [0, 0.1) is 0 Å². The highest BCUT2D eigenvalue weighted by Gasteiger charge is 2.15. The lowest BCUT2D eigenvalue weighted by Gasteiger charge is -2.18. The van der Waals surface area contributed by atoms with Crippen molar-refractivity contribution in [3.8, 4) is 0 Å². The molecule has 1 aromatic carbocycles. The summed E-state index contributed by atoms with van der Waals surface area (Å²) in [5, 5.41) is 31.8. The number of anilines is 1. The first-order chi connectivity index (χ1) is 16.5. The zero-order valence-corrected chi connectivity index (χ0v) is 21.0. The molecule has 0 saturated heterocycles. The van der Waals surface area contributed by atoms with Gasteiger partial charge in [0.15, 0.2) is 0 Å². The van der Waals surface area contributed by atoms with Gasteiger partial charge in [-0.3, -0.25) is 4.79 Å². The van der Waals surface area contributed by atoms with E-state index in [0.717, 1.165) is 23.9 Å². The summed E-state index contributed by atoms with van der Waals surface area (Å²) in [5.74, 6) is -0.244. The van der Waals surface area contributed by atoms with Crippen LogP contribution in [0.1, 0.15) is 90.9 Å². The zero-order chi connectivity index (χ0) is 25.0. The standard InChI is InChI=1S/C20H39NO3.C6H6N4/c1-3-4-5-6-7-8-9-10-11-12-13-14-15-16-20(24)19(17-22)21-18(2)23;7-4-2-1-3-5-6(4)9-10-8-5/h15-16,19-20,22,24H,3-14,17H2,1-2H3,(H,21,23);1-3H,7H2,(H,8,9,10)/b16-15+;. The quantitative estimate of drug-likeness (QED) is 0.136. The van der Waals surface area contributed by atoms with Gasteiger partial charge in [0.2, 0.25) is 5.91 Å². The van der Waals surface area contributed by atoms with E-state index in [0.29, 0.717) is 5.69 Å². The van der Waals surface area contributed by atoms with Crippen LogP contribution in [0.5, 0.6) is 0 Å². The second kappa shape index (κ2) is 18.9. The van der Waals surface area contributed by atoms with Crippen LogP contribution in [-0.4, -0.2) is 50.3 Å². The molecule has 0 radical (unpaired) electrons. The number of aromatic nitrogens is 3. The van der Waals surface area contributed by atoms with E-state index in [2.05, 4.69) is 27.7 Å². The van der Waals surface area contributed by atoms with Crippen molar-refractivity contribution in [2.45, 2.75) is 103 Å². The number of nitrogens with one attached hydrogen (secondary N) is 2. The molecule has 2 aromatic rings. The number of amides is 1. The molecule has 0 saturated carbocycles. The first-order valence-electron chi connectivity index (χ1n) is 12.8. The number of para-hydroxylation sites is 1. The fourth-order valence-electron chi connectivity index (χ4n) is 3.69. The maximum atomic E-state index is 10.9.